The van der Waals surface area contributed by atoms with Crippen molar-refractivity contribution in [3.8, 4) is 22.7 Å². The minimum atomic E-state index is -0.760. The van der Waals surface area contributed by atoms with Crippen molar-refractivity contribution in [3.05, 3.63) is 90.3 Å². The number of carbonyl (C=O) groups excluding carboxylic acids is 2. The van der Waals surface area contributed by atoms with Crippen LogP contribution >= 0.6 is 0 Å². The summed E-state index contributed by atoms with van der Waals surface area (Å²) in [5.41, 5.74) is 3.71. The summed E-state index contributed by atoms with van der Waals surface area (Å²) >= 11 is 0. The Kier molecular flexibility index (Phi) is 7.85. The van der Waals surface area contributed by atoms with E-state index in [0.29, 0.717) is 29.1 Å². The summed E-state index contributed by atoms with van der Waals surface area (Å²) in [7, 11) is 0. The van der Waals surface area contributed by atoms with E-state index in [9.17, 15) is 9.59 Å². The van der Waals surface area contributed by atoms with Gasteiger partial charge in [0, 0.05) is 23.0 Å². The third-order valence-corrected chi connectivity index (χ3v) is 5.79. The highest BCUT2D eigenvalue weighted by atomic mass is 16.5. The fourth-order valence-corrected chi connectivity index (χ4v) is 3.99. The van der Waals surface area contributed by atoms with E-state index in [1.807, 2.05) is 60.8 Å². The number of allylic oxidation sites excluding steroid dienone is 1. The Hall–Kier alpha value is -4.33. The number of carbonyl (C=O) groups is 2. The molecule has 1 atom stereocenters. The minimum Gasteiger partial charge on any atom is -0.494 e. The molecule has 4 rings (SSSR count). The Labute approximate surface area is 210 Å². The molecule has 36 heavy (non-hydrogen) atoms. The number of benzene rings is 2. The summed E-state index contributed by atoms with van der Waals surface area (Å²) in [6, 6.07) is 16.1. The molecule has 0 saturated carbocycles. The molecule has 0 bridgehead atoms. The molecule has 1 aromatic heterocycles. The molecule has 0 spiro atoms. The SMILES string of the molecule is C=CCOC(=O)C1=C(C)NC(=O)NC1c1cn(-c2ccccc2)nc1-c1ccc(OCCCC)cc1. The molecule has 0 aliphatic carbocycles. The van der Waals surface area contributed by atoms with Crippen LogP contribution in [0.15, 0.2) is 84.7 Å². The second-order valence-electron chi connectivity index (χ2n) is 8.40. The second kappa shape index (κ2) is 11.4. The lowest BCUT2D eigenvalue weighted by molar-refractivity contribution is -0.138. The molecule has 8 nitrogen and oxygen atoms in total. The van der Waals surface area contributed by atoms with Crippen LogP contribution in [-0.2, 0) is 9.53 Å². The van der Waals surface area contributed by atoms with Gasteiger partial charge < -0.3 is 20.1 Å². The Morgan fingerprint density at radius 3 is 2.61 bits per heavy atom. The van der Waals surface area contributed by atoms with E-state index in [2.05, 4.69) is 24.1 Å². The van der Waals surface area contributed by atoms with E-state index < -0.39 is 18.0 Å². The average molecular weight is 487 g/mol. The molecule has 1 aliphatic rings. The number of para-hydroxylation sites is 1. The number of urea groups is 1. The van der Waals surface area contributed by atoms with Crippen molar-refractivity contribution >= 4 is 12.0 Å². The van der Waals surface area contributed by atoms with Crippen molar-refractivity contribution in [1.82, 2.24) is 20.4 Å². The van der Waals surface area contributed by atoms with E-state index in [4.69, 9.17) is 14.6 Å². The van der Waals surface area contributed by atoms with Crippen LogP contribution in [0.3, 0.4) is 0 Å². The summed E-state index contributed by atoms with van der Waals surface area (Å²) < 4.78 is 12.9. The fourth-order valence-electron chi connectivity index (χ4n) is 3.99. The number of rotatable bonds is 10. The van der Waals surface area contributed by atoms with Gasteiger partial charge in [0.1, 0.15) is 12.4 Å². The zero-order valence-electron chi connectivity index (χ0n) is 20.5. The van der Waals surface area contributed by atoms with Crippen molar-refractivity contribution in [3.63, 3.8) is 0 Å². The molecule has 0 saturated heterocycles. The number of nitrogens with one attached hydrogen (secondary N) is 2. The summed E-state index contributed by atoms with van der Waals surface area (Å²) in [5.74, 6) is 0.235. The van der Waals surface area contributed by atoms with Gasteiger partial charge in [-0.3, -0.25) is 0 Å². The second-order valence-corrected chi connectivity index (χ2v) is 8.40. The third-order valence-electron chi connectivity index (χ3n) is 5.79. The van der Waals surface area contributed by atoms with E-state index >= 15 is 0 Å². The van der Waals surface area contributed by atoms with E-state index in [1.54, 1.807) is 11.6 Å². The van der Waals surface area contributed by atoms with Crippen LogP contribution in [-0.4, -0.2) is 35.0 Å². The van der Waals surface area contributed by atoms with Crippen LogP contribution in [0, 0.1) is 0 Å². The molecular weight excluding hydrogens is 456 g/mol. The van der Waals surface area contributed by atoms with Crippen LogP contribution in [0.25, 0.3) is 16.9 Å². The Morgan fingerprint density at radius 1 is 1.17 bits per heavy atom. The predicted molar refractivity (Wildman–Crippen MR) is 138 cm³/mol. The average Bonchev–Trinajstić information content (AvgIpc) is 3.33. The van der Waals surface area contributed by atoms with Gasteiger partial charge >= 0.3 is 12.0 Å². The number of amides is 2. The molecule has 1 aliphatic heterocycles. The Balaban J connectivity index is 1.79. The quantitative estimate of drug-likeness (QED) is 0.237. The van der Waals surface area contributed by atoms with Gasteiger partial charge in [-0.25, -0.2) is 14.3 Å². The van der Waals surface area contributed by atoms with Crippen LogP contribution in [0.5, 0.6) is 5.75 Å². The monoisotopic (exact) mass is 486 g/mol. The van der Waals surface area contributed by atoms with Gasteiger partial charge in [0.05, 0.1) is 29.6 Å². The molecule has 3 aromatic rings. The van der Waals surface area contributed by atoms with Crippen LogP contribution in [0.1, 0.15) is 38.3 Å². The first kappa shape index (κ1) is 24.8. The van der Waals surface area contributed by atoms with Crippen molar-refractivity contribution < 1.29 is 19.1 Å². The van der Waals surface area contributed by atoms with Gasteiger partial charge in [0.2, 0.25) is 0 Å². The zero-order chi connectivity index (χ0) is 25.5. The molecular formula is C28H30N4O4. The minimum absolute atomic E-state index is 0.0614. The van der Waals surface area contributed by atoms with Gasteiger partial charge in [0.25, 0.3) is 0 Å². The molecule has 1 unspecified atom stereocenters. The van der Waals surface area contributed by atoms with Crippen molar-refractivity contribution in [2.24, 2.45) is 0 Å². The highest BCUT2D eigenvalue weighted by Crippen LogP contribution is 2.35. The van der Waals surface area contributed by atoms with Crippen LogP contribution in [0.4, 0.5) is 4.79 Å². The standard InChI is InChI=1S/C28H30N4O4/c1-4-6-17-35-22-14-12-20(13-15-22)25-23(18-32(31-25)21-10-8-7-9-11-21)26-24(27(33)36-16-5-2)19(3)29-28(34)30-26/h5,7-15,18,26H,2,4,6,16-17H2,1,3H3,(H2,29,30,34). The number of esters is 1. The molecule has 0 radical (unpaired) electrons. The maximum atomic E-state index is 13.0. The van der Waals surface area contributed by atoms with E-state index in [1.165, 1.54) is 6.08 Å². The Morgan fingerprint density at radius 2 is 1.92 bits per heavy atom. The number of hydrogen-bond donors (Lipinski definition) is 2. The Bertz CT molecular complexity index is 1260. The van der Waals surface area contributed by atoms with Crippen LogP contribution < -0.4 is 15.4 Å². The van der Waals surface area contributed by atoms with Gasteiger partial charge in [-0.15, -0.1) is 0 Å². The molecule has 2 heterocycles. The molecule has 2 aromatic carbocycles. The maximum Gasteiger partial charge on any atom is 0.338 e. The number of nitrogens with zero attached hydrogens (tertiary/aromatic N) is 2. The first-order valence-corrected chi connectivity index (χ1v) is 12.0. The molecule has 8 heteroatoms. The third kappa shape index (κ3) is 5.49. The number of aromatic nitrogens is 2. The molecule has 2 N–H and O–H groups in total. The number of ether oxygens (including phenoxy) is 2. The first-order valence-electron chi connectivity index (χ1n) is 12.0. The van der Waals surface area contributed by atoms with Gasteiger partial charge in [-0.05, 0) is 49.7 Å². The summed E-state index contributed by atoms with van der Waals surface area (Å²) in [4.78, 5) is 25.5. The highest BCUT2D eigenvalue weighted by molar-refractivity contribution is 5.95. The van der Waals surface area contributed by atoms with Crippen molar-refractivity contribution in [2.75, 3.05) is 13.2 Å². The van der Waals surface area contributed by atoms with Gasteiger partial charge in [0.15, 0.2) is 0 Å². The van der Waals surface area contributed by atoms with Gasteiger partial charge in [-0.2, -0.15) is 5.10 Å². The lowest BCUT2D eigenvalue weighted by atomic mass is 9.94. The highest BCUT2D eigenvalue weighted by Gasteiger charge is 2.35. The van der Waals surface area contributed by atoms with Gasteiger partial charge in [-0.1, -0.05) is 44.2 Å². The van der Waals surface area contributed by atoms with E-state index in [0.717, 1.165) is 29.8 Å². The molecule has 186 valence electrons. The number of hydrogen-bond acceptors (Lipinski definition) is 5. The fraction of sp³-hybridized carbons (Fsp3) is 0.250. The summed E-state index contributed by atoms with van der Waals surface area (Å²) in [5, 5.41) is 10.4. The summed E-state index contributed by atoms with van der Waals surface area (Å²) in [6.45, 7) is 8.12. The molecule has 2 amide bonds. The maximum absolute atomic E-state index is 13.0. The first-order chi connectivity index (χ1) is 17.5. The topological polar surface area (TPSA) is 94.5 Å². The molecule has 0 fully saturated rings. The lowest BCUT2D eigenvalue weighted by Gasteiger charge is -2.27. The smallest absolute Gasteiger partial charge is 0.338 e. The van der Waals surface area contributed by atoms with E-state index in [-0.39, 0.29) is 6.61 Å². The van der Waals surface area contributed by atoms with Crippen LogP contribution in [0.2, 0.25) is 0 Å². The van der Waals surface area contributed by atoms with Crippen molar-refractivity contribution in [1.29, 1.82) is 0 Å². The summed E-state index contributed by atoms with van der Waals surface area (Å²) in [6.07, 6.45) is 5.38. The lowest BCUT2D eigenvalue weighted by Crippen LogP contribution is -2.45. The van der Waals surface area contributed by atoms with Crippen molar-refractivity contribution in [2.45, 2.75) is 32.7 Å². The normalized spacial score (nSPS) is 15.2. The number of unbranched alkanes of at least 4 members (excludes halogenated alkanes) is 1. The zero-order valence-corrected chi connectivity index (χ0v) is 20.5. The largest absolute Gasteiger partial charge is 0.494 e. The predicted octanol–water partition coefficient (Wildman–Crippen LogP) is 5.08.